The van der Waals surface area contributed by atoms with Gasteiger partial charge in [-0.25, -0.2) is 0 Å². The van der Waals surface area contributed by atoms with Gasteiger partial charge in [-0.2, -0.15) is 0 Å². The minimum atomic E-state index is 0.953. The normalized spacial score (nSPS) is 25.6. The van der Waals surface area contributed by atoms with Gasteiger partial charge in [0, 0.05) is 52.4 Å². The first-order valence-corrected chi connectivity index (χ1v) is 14.2. The molecule has 0 amide bonds. The van der Waals surface area contributed by atoms with Gasteiger partial charge in [0.05, 0.1) is 0 Å². The topological polar surface area (TPSA) is 13.0 Å². The highest BCUT2D eigenvalue weighted by Crippen LogP contribution is 2.21. The van der Waals surface area contributed by atoms with E-state index in [0.29, 0.717) is 0 Å². The average molecular weight is 384 g/mol. The van der Waals surface area contributed by atoms with Gasteiger partial charge in [-0.05, 0) is 39.5 Å². The van der Waals surface area contributed by atoms with Gasteiger partial charge in [0.25, 0.3) is 0 Å². The summed E-state index contributed by atoms with van der Waals surface area (Å²) in [6.45, 7) is 19.4. The molecule has 1 rings (SSSR count). The summed E-state index contributed by atoms with van der Waals surface area (Å²) in [6.07, 6.45) is 2.65. The molecule has 4 nitrogen and oxygen atoms in total. The van der Waals surface area contributed by atoms with Crippen molar-refractivity contribution in [2.45, 2.75) is 12.8 Å². The van der Waals surface area contributed by atoms with Crippen LogP contribution in [0.25, 0.3) is 0 Å². The van der Waals surface area contributed by atoms with Gasteiger partial charge in [-0.1, -0.05) is 34.9 Å². The molecule has 0 bridgehead atoms. The van der Waals surface area contributed by atoms with Crippen molar-refractivity contribution >= 4 is 34.9 Å². The van der Waals surface area contributed by atoms with Crippen LogP contribution in [0.2, 0.25) is 0 Å². The molecule has 1 aliphatic heterocycles. The molecular weight excluding hydrogens is 348 g/mol. The summed E-state index contributed by atoms with van der Waals surface area (Å²) in [5.74, 6) is 0. The Morgan fingerprint density at radius 1 is 0.409 bits per heavy atom. The third kappa shape index (κ3) is 9.15. The predicted octanol–water partition coefficient (Wildman–Crippen LogP) is 2.88. The fraction of sp³-hybridized carbons (Fsp3) is 1.00. The maximum absolute atomic E-state index is 2.66. The second kappa shape index (κ2) is 13.8. The highest BCUT2D eigenvalue weighted by molar-refractivity contribution is 7.35. The predicted molar refractivity (Wildman–Crippen MR) is 112 cm³/mol. The smallest absolute Gasteiger partial charge is 0.0150 e. The van der Waals surface area contributed by atoms with Gasteiger partial charge in [-0.3, -0.25) is 18.7 Å². The first-order valence-electron chi connectivity index (χ1n) is 8.42. The molecule has 0 saturated carbocycles. The first kappa shape index (κ1) is 21.6. The molecule has 0 radical (unpaired) electrons. The van der Waals surface area contributed by atoms with Crippen LogP contribution in [0.15, 0.2) is 0 Å². The van der Waals surface area contributed by atoms with Crippen molar-refractivity contribution in [3.63, 3.8) is 0 Å². The summed E-state index contributed by atoms with van der Waals surface area (Å²) >= 11 is 0. The maximum Gasteiger partial charge on any atom is 0.0150 e. The number of nitrogens with zero attached hydrogens (tertiary/aromatic N) is 4. The van der Waals surface area contributed by atoms with E-state index < -0.39 is 0 Å². The molecule has 22 heavy (non-hydrogen) atoms. The van der Waals surface area contributed by atoms with Gasteiger partial charge in [0.2, 0.25) is 0 Å². The van der Waals surface area contributed by atoms with Gasteiger partial charge < -0.3 is 0 Å². The van der Waals surface area contributed by atoms with Crippen LogP contribution in [0.1, 0.15) is 12.8 Å². The van der Waals surface area contributed by atoms with Crippen LogP contribution in [0.3, 0.4) is 0 Å². The van der Waals surface area contributed by atoms with E-state index >= 15 is 0 Å². The van der Waals surface area contributed by atoms with Crippen molar-refractivity contribution in [2.75, 3.05) is 79.0 Å². The van der Waals surface area contributed by atoms with Gasteiger partial charge >= 0.3 is 0 Å². The highest BCUT2D eigenvalue weighted by Gasteiger charge is 2.12. The van der Waals surface area contributed by atoms with Gasteiger partial charge in [0.15, 0.2) is 0 Å². The van der Waals surface area contributed by atoms with E-state index in [0.717, 1.165) is 34.9 Å². The Morgan fingerprint density at radius 2 is 0.636 bits per heavy atom. The summed E-state index contributed by atoms with van der Waals surface area (Å²) < 4.78 is 10.6. The van der Waals surface area contributed by atoms with Crippen molar-refractivity contribution in [2.24, 2.45) is 0 Å². The van der Waals surface area contributed by atoms with Crippen molar-refractivity contribution < 1.29 is 0 Å². The van der Waals surface area contributed by atoms with Crippen LogP contribution in [0.4, 0.5) is 0 Å². The van der Waals surface area contributed by atoms with Gasteiger partial charge in [-0.15, -0.1) is 0 Å². The third-order valence-corrected chi connectivity index (χ3v) is 8.58. The van der Waals surface area contributed by atoms with E-state index in [9.17, 15) is 0 Å². The van der Waals surface area contributed by atoms with E-state index in [-0.39, 0.29) is 0 Å². The fourth-order valence-electron chi connectivity index (χ4n) is 2.73. The van der Waals surface area contributed by atoms with Crippen molar-refractivity contribution in [1.82, 2.24) is 18.7 Å². The lowest BCUT2D eigenvalue weighted by Gasteiger charge is -2.30. The molecule has 1 saturated heterocycles. The van der Waals surface area contributed by atoms with E-state index in [1.807, 2.05) is 0 Å². The molecule has 0 spiro atoms. The number of hydrogen-bond donors (Lipinski definition) is 0. The Bertz CT molecular complexity index is 223. The van der Waals surface area contributed by atoms with E-state index in [4.69, 9.17) is 0 Å². The Hall–Kier alpha value is 1.56. The molecule has 8 heteroatoms. The van der Waals surface area contributed by atoms with Crippen molar-refractivity contribution in [3.05, 3.63) is 0 Å². The van der Waals surface area contributed by atoms with Crippen LogP contribution in [-0.2, 0) is 0 Å². The van der Waals surface area contributed by atoms with E-state index in [1.54, 1.807) is 0 Å². The minimum absolute atomic E-state index is 0.953. The lowest BCUT2D eigenvalue weighted by Crippen LogP contribution is -2.33. The molecule has 0 aromatic rings. The fourth-order valence-corrected chi connectivity index (χ4v) is 5.55. The quantitative estimate of drug-likeness (QED) is 0.691. The van der Waals surface area contributed by atoms with Crippen LogP contribution >= 0.6 is 34.9 Å². The zero-order chi connectivity index (χ0) is 16.2. The minimum Gasteiger partial charge on any atom is -0.284 e. The lowest BCUT2D eigenvalue weighted by molar-refractivity contribution is 0.321. The molecule has 4 unspecified atom stereocenters. The lowest BCUT2D eigenvalue weighted by atomic mass is 10.3. The highest BCUT2D eigenvalue weighted by atomic mass is 31.1. The van der Waals surface area contributed by atoms with Gasteiger partial charge in [0.1, 0.15) is 0 Å². The SMILES string of the molecule is CPN1CCCN(PC)CCN(PC)CCCN(PC)CC1. The Kier molecular flexibility index (Phi) is 13.6. The molecule has 1 heterocycles. The van der Waals surface area contributed by atoms with E-state index in [2.05, 4.69) is 45.3 Å². The summed E-state index contributed by atoms with van der Waals surface area (Å²) in [5, 5.41) is 0. The van der Waals surface area contributed by atoms with Crippen LogP contribution in [-0.4, -0.2) is 97.7 Å². The van der Waals surface area contributed by atoms with E-state index in [1.165, 1.54) is 65.2 Å². The average Bonchev–Trinajstić information content (AvgIpc) is 2.56. The molecular formula is C14H36N4P4. The number of hydrogen-bond acceptors (Lipinski definition) is 4. The van der Waals surface area contributed by atoms with Crippen molar-refractivity contribution in [3.8, 4) is 0 Å². The Morgan fingerprint density at radius 3 is 0.818 bits per heavy atom. The number of rotatable bonds is 4. The van der Waals surface area contributed by atoms with Crippen LogP contribution < -0.4 is 0 Å². The molecule has 0 aliphatic carbocycles. The zero-order valence-corrected chi connectivity index (χ0v) is 18.9. The van der Waals surface area contributed by atoms with Crippen LogP contribution in [0, 0.1) is 0 Å². The monoisotopic (exact) mass is 384 g/mol. The zero-order valence-electron chi connectivity index (χ0n) is 14.9. The standard InChI is InChI=1S/C14H36N4P4/c1-19-15-7-5-8-17(21-3)13-14-18(22-4)10-6-9-16(20-2)12-11-15/h19-22H,5-14H2,1-4H3. The van der Waals surface area contributed by atoms with Crippen LogP contribution in [0.5, 0.6) is 0 Å². The second-order valence-corrected chi connectivity index (χ2v) is 9.87. The third-order valence-electron chi connectivity index (χ3n) is 4.26. The molecule has 0 aromatic heterocycles. The molecule has 1 aliphatic rings. The maximum atomic E-state index is 2.66. The second-order valence-electron chi connectivity index (χ2n) is 5.55. The first-order chi connectivity index (χ1) is 10.7. The molecule has 4 atom stereocenters. The van der Waals surface area contributed by atoms with Crippen molar-refractivity contribution in [1.29, 1.82) is 0 Å². The molecule has 0 aromatic carbocycles. The molecule has 0 N–H and O–H groups in total. The summed E-state index contributed by atoms with van der Waals surface area (Å²) in [5.41, 5.74) is 0. The molecule has 132 valence electrons. The largest absolute Gasteiger partial charge is 0.284 e. The molecule has 1 fully saturated rings. The summed E-state index contributed by atoms with van der Waals surface area (Å²) in [4.78, 5) is 0. The summed E-state index contributed by atoms with van der Waals surface area (Å²) in [7, 11) is 3.81. The summed E-state index contributed by atoms with van der Waals surface area (Å²) in [6, 6.07) is 0. The Labute approximate surface area is 145 Å². The Balaban J connectivity index is 2.56.